The number of anilines is 1. The van der Waals surface area contributed by atoms with Crippen molar-refractivity contribution in [3.05, 3.63) is 125 Å². The summed E-state index contributed by atoms with van der Waals surface area (Å²) >= 11 is 0. The highest BCUT2D eigenvalue weighted by Gasteiger charge is 2.32. The van der Waals surface area contributed by atoms with E-state index < -0.39 is 35.4 Å². The molecule has 0 saturated carbocycles. The van der Waals surface area contributed by atoms with E-state index in [4.69, 9.17) is 4.74 Å². The minimum absolute atomic E-state index is 0.0198. The molecule has 0 heterocycles. The number of hydrogen-bond acceptors (Lipinski definition) is 5. The Balaban J connectivity index is 1.59. The Kier molecular flexibility index (Phi) is 11.1. The van der Waals surface area contributed by atoms with Crippen LogP contribution in [0.1, 0.15) is 50.2 Å². The van der Waals surface area contributed by atoms with Gasteiger partial charge in [0.05, 0.1) is 29.2 Å². The molecule has 11 heteroatoms. The van der Waals surface area contributed by atoms with Gasteiger partial charge in [0.1, 0.15) is 6.61 Å². The number of nitrogens with zero attached hydrogens (tertiary/aromatic N) is 1. The molecule has 3 amide bonds. The van der Waals surface area contributed by atoms with Gasteiger partial charge in [-0.1, -0.05) is 72.8 Å². The number of alkyl halides is 3. The van der Waals surface area contributed by atoms with E-state index in [1.165, 1.54) is 43.3 Å². The van der Waals surface area contributed by atoms with Crippen LogP contribution in [-0.2, 0) is 26.9 Å². The summed E-state index contributed by atoms with van der Waals surface area (Å²) in [6.07, 6.45) is -4.93. The van der Waals surface area contributed by atoms with Crippen LogP contribution in [0.2, 0.25) is 0 Å². The average Bonchev–Trinajstić information content (AvgIpc) is 3.05. The van der Waals surface area contributed by atoms with Crippen molar-refractivity contribution in [2.45, 2.75) is 25.4 Å². The maximum atomic E-state index is 13.6. The van der Waals surface area contributed by atoms with Crippen LogP contribution in [0.3, 0.4) is 0 Å². The number of amides is 3. The molecule has 0 fully saturated rings. The molecular weight excluding hydrogens is 611 g/mol. The lowest BCUT2D eigenvalue weighted by atomic mass is 9.96. The number of esters is 1. The van der Waals surface area contributed by atoms with Crippen LogP contribution in [0.15, 0.2) is 97.1 Å². The number of likely N-dealkylation sites (N-methyl/N-ethyl adjacent to an activating group) is 1. The van der Waals surface area contributed by atoms with Gasteiger partial charge in [-0.05, 0) is 53.4 Å². The number of carbonyl (C=O) groups excluding carboxylic acids is 4. The Labute approximate surface area is 270 Å². The Bertz CT molecular complexity index is 1740. The largest absolute Gasteiger partial charge is 0.464 e. The minimum Gasteiger partial charge on any atom is -0.464 e. The van der Waals surface area contributed by atoms with Crippen LogP contribution in [0.4, 0.5) is 18.9 Å². The van der Waals surface area contributed by atoms with Crippen LogP contribution in [-0.4, -0.2) is 55.8 Å². The fourth-order valence-electron chi connectivity index (χ4n) is 4.90. The third kappa shape index (κ3) is 8.84. The topological polar surface area (TPSA) is 105 Å². The summed E-state index contributed by atoms with van der Waals surface area (Å²) in [6, 6.07) is 24.7. The molecule has 47 heavy (non-hydrogen) atoms. The summed E-state index contributed by atoms with van der Waals surface area (Å²) in [5.41, 5.74) is 0.709. The predicted octanol–water partition coefficient (Wildman–Crippen LogP) is 6.33. The van der Waals surface area contributed by atoms with Gasteiger partial charge < -0.3 is 20.3 Å². The molecule has 0 aromatic heterocycles. The molecule has 8 nitrogen and oxygen atoms in total. The van der Waals surface area contributed by atoms with Gasteiger partial charge >= 0.3 is 12.1 Å². The molecule has 0 aliphatic carbocycles. The van der Waals surface area contributed by atoms with Crippen molar-refractivity contribution in [2.75, 3.05) is 32.6 Å². The van der Waals surface area contributed by atoms with Crippen molar-refractivity contribution in [1.82, 2.24) is 10.2 Å². The van der Waals surface area contributed by atoms with E-state index >= 15 is 0 Å². The lowest BCUT2D eigenvalue weighted by Gasteiger charge is -2.18. The molecule has 1 unspecified atom stereocenters. The normalized spacial score (nSPS) is 11.7. The maximum absolute atomic E-state index is 13.6. The summed E-state index contributed by atoms with van der Waals surface area (Å²) in [6.45, 7) is 1.99. The summed E-state index contributed by atoms with van der Waals surface area (Å²) in [5.74, 6) is -3.02. The van der Waals surface area contributed by atoms with Gasteiger partial charge in [0.25, 0.3) is 11.8 Å². The van der Waals surface area contributed by atoms with E-state index in [1.807, 2.05) is 6.07 Å². The lowest BCUT2D eigenvalue weighted by Crippen LogP contribution is -2.32. The number of nitrogens with one attached hydrogen (secondary N) is 2. The summed E-state index contributed by atoms with van der Waals surface area (Å²) in [5, 5.41) is 5.34. The summed E-state index contributed by atoms with van der Waals surface area (Å²) in [4.78, 5) is 53.5. The molecule has 244 valence electrons. The number of hydrogen-bond donors (Lipinski definition) is 2. The fourth-order valence-corrected chi connectivity index (χ4v) is 4.90. The van der Waals surface area contributed by atoms with E-state index in [0.717, 1.165) is 12.1 Å². The molecule has 0 saturated heterocycles. The maximum Gasteiger partial charge on any atom is 0.416 e. The van der Waals surface area contributed by atoms with Gasteiger partial charge in [0.15, 0.2) is 0 Å². The molecule has 0 bridgehead atoms. The van der Waals surface area contributed by atoms with Crippen LogP contribution >= 0.6 is 0 Å². The third-order valence-corrected chi connectivity index (χ3v) is 7.27. The third-order valence-electron chi connectivity index (χ3n) is 7.27. The first-order valence-electron chi connectivity index (χ1n) is 14.8. The van der Waals surface area contributed by atoms with E-state index in [1.54, 1.807) is 61.5 Å². The smallest absolute Gasteiger partial charge is 0.416 e. The Morgan fingerprint density at radius 3 is 2.11 bits per heavy atom. The number of carbonyl (C=O) groups is 4. The molecule has 4 rings (SSSR count). The molecule has 0 aliphatic rings. The predicted molar refractivity (Wildman–Crippen MR) is 172 cm³/mol. The zero-order valence-corrected chi connectivity index (χ0v) is 26.1. The van der Waals surface area contributed by atoms with Crippen molar-refractivity contribution < 1.29 is 37.1 Å². The quantitative estimate of drug-likeness (QED) is 0.186. The molecule has 0 spiro atoms. The van der Waals surface area contributed by atoms with Gasteiger partial charge in [-0.2, -0.15) is 13.2 Å². The number of halogens is 3. The molecular formula is C36H34F3N3O5. The summed E-state index contributed by atoms with van der Waals surface area (Å²) in [7, 11) is 3.00. The number of ether oxygens (including phenoxy) is 1. The van der Waals surface area contributed by atoms with E-state index in [9.17, 15) is 32.3 Å². The van der Waals surface area contributed by atoms with Gasteiger partial charge in [-0.3, -0.25) is 19.2 Å². The van der Waals surface area contributed by atoms with Crippen LogP contribution < -0.4 is 10.6 Å². The van der Waals surface area contributed by atoms with Crippen molar-refractivity contribution in [1.29, 1.82) is 0 Å². The average molecular weight is 646 g/mol. The second kappa shape index (κ2) is 15.2. The first kappa shape index (κ1) is 34.4. The highest BCUT2D eigenvalue weighted by atomic mass is 19.4. The van der Waals surface area contributed by atoms with Crippen LogP contribution in [0, 0.1) is 0 Å². The summed E-state index contributed by atoms with van der Waals surface area (Å²) < 4.78 is 46.3. The van der Waals surface area contributed by atoms with Crippen molar-refractivity contribution >= 4 is 29.4 Å². The highest BCUT2D eigenvalue weighted by Crippen LogP contribution is 2.34. The van der Waals surface area contributed by atoms with Crippen LogP contribution in [0.5, 0.6) is 0 Å². The second-order valence-electron chi connectivity index (χ2n) is 10.9. The van der Waals surface area contributed by atoms with Gasteiger partial charge in [0, 0.05) is 26.2 Å². The van der Waals surface area contributed by atoms with E-state index in [-0.39, 0.29) is 41.3 Å². The fraction of sp³-hybridized carbons (Fsp3) is 0.222. The lowest BCUT2D eigenvalue weighted by molar-refractivity contribution is -0.144. The standard InChI is InChI=1S/C36H34F3N3O5/c1-4-40-33(44)30(25-13-9-6-10-14-25)22-47-32(43)20-23-15-18-31(29(19-23)35(46)42(2)3)41-34(45)28-21-26(36(37,38)39)16-17-27(28)24-11-7-5-8-12-24/h5-19,21,30H,4,20,22H2,1-3H3,(H,40,44)(H,41,45). The Morgan fingerprint density at radius 2 is 1.49 bits per heavy atom. The van der Waals surface area contributed by atoms with Crippen molar-refractivity contribution in [3.63, 3.8) is 0 Å². The molecule has 1 atom stereocenters. The molecule has 2 N–H and O–H groups in total. The Hall–Kier alpha value is -5.45. The van der Waals surface area contributed by atoms with E-state index in [2.05, 4.69) is 10.6 Å². The minimum atomic E-state index is -4.69. The molecule has 0 aliphatic heterocycles. The zero-order valence-electron chi connectivity index (χ0n) is 26.1. The van der Waals surface area contributed by atoms with Crippen LogP contribution in [0.25, 0.3) is 11.1 Å². The highest BCUT2D eigenvalue weighted by molar-refractivity contribution is 6.12. The number of rotatable bonds is 11. The molecule has 0 radical (unpaired) electrons. The Morgan fingerprint density at radius 1 is 0.830 bits per heavy atom. The second-order valence-corrected chi connectivity index (χ2v) is 10.9. The zero-order chi connectivity index (χ0) is 34.1. The monoisotopic (exact) mass is 645 g/mol. The van der Waals surface area contributed by atoms with Gasteiger partial charge in [-0.25, -0.2) is 0 Å². The van der Waals surface area contributed by atoms with E-state index in [0.29, 0.717) is 23.2 Å². The van der Waals surface area contributed by atoms with Gasteiger partial charge in [0.2, 0.25) is 5.91 Å². The first-order chi connectivity index (χ1) is 22.4. The molecule has 4 aromatic rings. The van der Waals surface area contributed by atoms with Gasteiger partial charge in [-0.15, -0.1) is 0 Å². The molecule has 4 aromatic carbocycles. The number of benzene rings is 4. The van der Waals surface area contributed by atoms with Crippen molar-refractivity contribution in [3.8, 4) is 11.1 Å². The SMILES string of the molecule is CCNC(=O)C(COC(=O)Cc1ccc(NC(=O)c2cc(C(F)(F)F)ccc2-c2ccccc2)c(C(=O)N(C)C)c1)c1ccccc1. The van der Waals surface area contributed by atoms with Crippen molar-refractivity contribution in [2.24, 2.45) is 0 Å². The first-order valence-corrected chi connectivity index (χ1v) is 14.8.